The van der Waals surface area contributed by atoms with Gasteiger partial charge in [-0.2, -0.15) is 0 Å². The summed E-state index contributed by atoms with van der Waals surface area (Å²) in [5.41, 5.74) is 3.23. The van der Waals surface area contributed by atoms with Crippen molar-refractivity contribution in [2.75, 3.05) is 5.32 Å². The van der Waals surface area contributed by atoms with Gasteiger partial charge < -0.3 is 10.6 Å². The third-order valence-corrected chi connectivity index (χ3v) is 3.77. The second-order valence-electron chi connectivity index (χ2n) is 5.65. The predicted octanol–water partition coefficient (Wildman–Crippen LogP) is 5.00. The van der Waals surface area contributed by atoms with Gasteiger partial charge in [0.1, 0.15) is 5.82 Å². The summed E-state index contributed by atoms with van der Waals surface area (Å²) in [5.74, 6) is 0.277. The first-order valence-corrected chi connectivity index (χ1v) is 7.79. The quantitative estimate of drug-likeness (QED) is 0.777. The van der Waals surface area contributed by atoms with Gasteiger partial charge in [-0.3, -0.25) is 0 Å². The van der Waals surface area contributed by atoms with Crippen molar-refractivity contribution in [2.24, 2.45) is 0 Å². The summed E-state index contributed by atoms with van der Waals surface area (Å²) < 4.78 is 12.9. The third-order valence-electron chi connectivity index (χ3n) is 3.55. The summed E-state index contributed by atoms with van der Waals surface area (Å²) in [5, 5.41) is 6.92. The molecule has 0 radical (unpaired) electrons. The Morgan fingerprint density at radius 3 is 2.00 bits per heavy atom. The molecule has 0 amide bonds. The van der Waals surface area contributed by atoms with Gasteiger partial charge in [-0.05, 0) is 60.5 Å². The highest BCUT2D eigenvalue weighted by Gasteiger charge is 2.07. The van der Waals surface area contributed by atoms with Crippen molar-refractivity contribution in [3.63, 3.8) is 0 Å². The number of thiocarbonyl (C=S) groups is 1. The third kappa shape index (κ3) is 4.53. The summed E-state index contributed by atoms with van der Waals surface area (Å²) in [6.45, 7) is 6.32. The van der Waals surface area contributed by atoms with E-state index >= 15 is 0 Å². The van der Waals surface area contributed by atoms with Gasteiger partial charge in [0.15, 0.2) is 5.11 Å². The lowest BCUT2D eigenvalue weighted by atomic mass is 10.0. The van der Waals surface area contributed by atoms with Crippen molar-refractivity contribution in [2.45, 2.75) is 32.7 Å². The largest absolute Gasteiger partial charge is 0.356 e. The molecule has 0 aromatic heterocycles. The predicted molar refractivity (Wildman–Crippen MR) is 94.7 cm³/mol. The Hall–Kier alpha value is -1.94. The van der Waals surface area contributed by atoms with Crippen LogP contribution in [0.25, 0.3) is 0 Å². The van der Waals surface area contributed by atoms with Crippen molar-refractivity contribution in [1.29, 1.82) is 0 Å². The van der Waals surface area contributed by atoms with E-state index in [2.05, 4.69) is 36.6 Å². The van der Waals surface area contributed by atoms with Crippen LogP contribution in [0.5, 0.6) is 0 Å². The Morgan fingerprint density at radius 1 is 0.909 bits per heavy atom. The highest BCUT2D eigenvalue weighted by molar-refractivity contribution is 7.80. The zero-order chi connectivity index (χ0) is 16.1. The van der Waals surface area contributed by atoms with E-state index in [1.54, 1.807) is 12.1 Å². The lowest BCUT2D eigenvalue weighted by Crippen LogP contribution is -2.30. The number of hydrogen-bond acceptors (Lipinski definition) is 1. The van der Waals surface area contributed by atoms with Crippen LogP contribution in [-0.2, 0) is 0 Å². The Morgan fingerprint density at radius 2 is 1.45 bits per heavy atom. The van der Waals surface area contributed by atoms with Gasteiger partial charge in [-0.1, -0.05) is 38.1 Å². The Kier molecular flexibility index (Phi) is 5.50. The minimum absolute atomic E-state index is 0.00976. The molecule has 1 unspecified atom stereocenters. The Balaban J connectivity index is 1.93. The molecule has 0 spiro atoms. The van der Waals surface area contributed by atoms with Crippen molar-refractivity contribution >= 4 is 23.0 Å². The molecule has 116 valence electrons. The molecule has 2 aromatic carbocycles. The number of hydrogen-bond donors (Lipinski definition) is 2. The van der Waals surface area contributed by atoms with E-state index in [4.69, 9.17) is 12.2 Å². The fraction of sp³-hybridized carbons (Fsp3) is 0.278. The van der Waals surface area contributed by atoms with E-state index in [1.807, 2.05) is 19.1 Å². The molecule has 4 heteroatoms. The summed E-state index contributed by atoms with van der Waals surface area (Å²) >= 11 is 5.33. The van der Waals surface area contributed by atoms with Gasteiger partial charge in [0.05, 0.1) is 6.04 Å². The van der Waals surface area contributed by atoms with Crippen LogP contribution in [0.3, 0.4) is 0 Å². The maximum Gasteiger partial charge on any atom is 0.171 e. The average Bonchev–Trinajstić information content (AvgIpc) is 2.48. The van der Waals surface area contributed by atoms with E-state index in [9.17, 15) is 4.39 Å². The molecule has 0 aliphatic heterocycles. The van der Waals surface area contributed by atoms with Crippen LogP contribution in [0.1, 0.15) is 43.9 Å². The molecule has 1 atom stereocenters. The number of halogens is 1. The molecule has 22 heavy (non-hydrogen) atoms. The second kappa shape index (κ2) is 7.36. The zero-order valence-electron chi connectivity index (χ0n) is 13.1. The van der Waals surface area contributed by atoms with E-state index in [1.165, 1.54) is 17.7 Å². The second-order valence-corrected chi connectivity index (χ2v) is 6.06. The maximum absolute atomic E-state index is 12.9. The molecule has 0 heterocycles. The average molecular weight is 316 g/mol. The summed E-state index contributed by atoms with van der Waals surface area (Å²) in [7, 11) is 0. The lowest BCUT2D eigenvalue weighted by Gasteiger charge is -2.17. The van der Waals surface area contributed by atoms with E-state index in [0.717, 1.165) is 11.3 Å². The molecule has 0 aliphatic carbocycles. The van der Waals surface area contributed by atoms with Gasteiger partial charge in [-0.25, -0.2) is 4.39 Å². The number of benzene rings is 2. The fourth-order valence-electron chi connectivity index (χ4n) is 2.15. The monoisotopic (exact) mass is 316 g/mol. The van der Waals surface area contributed by atoms with Gasteiger partial charge >= 0.3 is 0 Å². The first-order chi connectivity index (χ1) is 10.5. The van der Waals surface area contributed by atoms with Crippen molar-refractivity contribution in [1.82, 2.24) is 5.32 Å². The molecule has 0 bridgehead atoms. The minimum Gasteiger partial charge on any atom is -0.356 e. The smallest absolute Gasteiger partial charge is 0.171 e. The number of nitrogens with one attached hydrogen (secondary N) is 2. The first kappa shape index (κ1) is 16.4. The lowest BCUT2D eigenvalue weighted by molar-refractivity contribution is 0.624. The molecule has 0 aliphatic rings. The molecule has 2 nitrogen and oxygen atoms in total. The highest BCUT2D eigenvalue weighted by Crippen LogP contribution is 2.18. The molecule has 2 rings (SSSR count). The maximum atomic E-state index is 12.9. The van der Waals surface area contributed by atoms with Crippen molar-refractivity contribution in [3.8, 4) is 0 Å². The van der Waals surface area contributed by atoms with Crippen LogP contribution in [0.15, 0.2) is 48.5 Å². The number of anilines is 1. The van der Waals surface area contributed by atoms with Crippen LogP contribution in [0.2, 0.25) is 0 Å². The van der Waals surface area contributed by atoms with Crippen LogP contribution >= 0.6 is 12.2 Å². The summed E-state index contributed by atoms with van der Waals surface area (Å²) in [4.78, 5) is 0. The van der Waals surface area contributed by atoms with Gasteiger partial charge in [0.2, 0.25) is 0 Å². The fourth-order valence-corrected chi connectivity index (χ4v) is 2.44. The van der Waals surface area contributed by atoms with Crippen LogP contribution in [0, 0.1) is 5.82 Å². The molecule has 0 saturated carbocycles. The van der Waals surface area contributed by atoms with Crippen molar-refractivity contribution < 1.29 is 4.39 Å². The van der Waals surface area contributed by atoms with Crippen LogP contribution in [0.4, 0.5) is 10.1 Å². The highest BCUT2D eigenvalue weighted by atomic mass is 32.1. The van der Waals surface area contributed by atoms with E-state index in [-0.39, 0.29) is 11.9 Å². The summed E-state index contributed by atoms with van der Waals surface area (Å²) in [6, 6.07) is 14.7. The van der Waals surface area contributed by atoms with E-state index in [0.29, 0.717) is 11.0 Å². The van der Waals surface area contributed by atoms with Gasteiger partial charge in [-0.15, -0.1) is 0 Å². The number of rotatable bonds is 4. The van der Waals surface area contributed by atoms with Crippen LogP contribution in [-0.4, -0.2) is 5.11 Å². The Labute approximate surface area is 136 Å². The Bertz CT molecular complexity index is 621. The first-order valence-electron chi connectivity index (χ1n) is 7.38. The molecule has 2 N–H and O–H groups in total. The topological polar surface area (TPSA) is 24.1 Å². The molecule has 0 saturated heterocycles. The van der Waals surface area contributed by atoms with Crippen LogP contribution < -0.4 is 10.6 Å². The normalized spacial score (nSPS) is 12.0. The standard InChI is InChI=1S/C18H21FN2S/c1-12(2)14-6-10-17(11-7-14)21-18(22)20-13(3)15-4-8-16(19)9-5-15/h4-13H,1-3H3,(H2,20,21,22). The minimum atomic E-state index is -0.234. The van der Waals surface area contributed by atoms with Crippen molar-refractivity contribution in [3.05, 3.63) is 65.5 Å². The zero-order valence-corrected chi connectivity index (χ0v) is 13.9. The molecular weight excluding hydrogens is 295 g/mol. The molecule has 2 aromatic rings. The van der Waals surface area contributed by atoms with Gasteiger partial charge in [0.25, 0.3) is 0 Å². The molecule has 0 fully saturated rings. The van der Waals surface area contributed by atoms with E-state index < -0.39 is 0 Å². The molecular formula is C18H21FN2S. The summed E-state index contributed by atoms with van der Waals surface area (Å²) in [6.07, 6.45) is 0. The van der Waals surface area contributed by atoms with Gasteiger partial charge in [0, 0.05) is 5.69 Å². The SMILES string of the molecule is CC(C)c1ccc(NC(=S)NC(C)c2ccc(F)cc2)cc1.